The number of unbranched alkanes of at least 4 members (excludes halogenated alkanes) is 3. The molecule has 0 spiro atoms. The summed E-state index contributed by atoms with van der Waals surface area (Å²) >= 11 is 0. The van der Waals surface area contributed by atoms with E-state index in [9.17, 15) is 14.4 Å². The molecule has 2 heterocycles. The van der Waals surface area contributed by atoms with Crippen LogP contribution < -0.4 is 26.9 Å². The molecule has 3 aromatic carbocycles. The van der Waals surface area contributed by atoms with Crippen molar-refractivity contribution in [1.82, 2.24) is 24.8 Å². The van der Waals surface area contributed by atoms with E-state index in [-0.39, 0.29) is 16.7 Å². The number of hydrogen-bond donors (Lipinski definition) is 3. The second-order valence-corrected chi connectivity index (χ2v) is 20.8. The molecular weight excluding hydrogens is 723 g/mol. The molecule has 11 nitrogen and oxygen atoms in total. The zero-order valence-electron chi connectivity index (χ0n) is 33.9. The molecule has 0 unspecified atom stereocenters. The lowest BCUT2D eigenvalue weighted by Gasteiger charge is -2.39. The highest BCUT2D eigenvalue weighted by Gasteiger charge is 2.39. The molecule has 0 bridgehead atoms. The van der Waals surface area contributed by atoms with Crippen molar-refractivity contribution in [2.24, 2.45) is 0 Å². The number of pyridine rings is 1. The fourth-order valence-electron chi connectivity index (χ4n) is 6.31. The monoisotopic (exact) mass is 781 g/mol. The Morgan fingerprint density at radius 1 is 0.821 bits per heavy atom. The summed E-state index contributed by atoms with van der Waals surface area (Å²) in [6.45, 7) is 16.2. The van der Waals surface area contributed by atoms with Gasteiger partial charge in [0.15, 0.2) is 8.32 Å². The Bertz CT molecular complexity index is 2180. The molecule has 2 aromatic heterocycles. The molecule has 5 rings (SSSR count). The standard InChI is InChI=1S/C44H59N5O6Si/c1-44(2,3)56(5,6)55-39(36-19-21-38(42-37(36)20-22-40(50)46-42)54-32-33-15-10-9-11-16-33)30-45-24-12-7-8-13-27-53-28-26-48(4)31-34-17-14-18-35(29-34)49-25-23-41(51)47-43(49)52/h9-11,14-23,25,29,39,45H,7-8,12-13,24,26-28,30-32H2,1-6H3,(H,46,50)(H,47,51,52)/t39-/m0/s1. The lowest BCUT2D eigenvalue weighted by Crippen LogP contribution is -2.43. The van der Waals surface area contributed by atoms with Crippen molar-refractivity contribution in [2.45, 2.75) is 83.8 Å². The average Bonchev–Trinajstić information content (AvgIpc) is 3.15. The van der Waals surface area contributed by atoms with Crippen LogP contribution in [0.3, 0.4) is 0 Å². The summed E-state index contributed by atoms with van der Waals surface area (Å²) in [5.74, 6) is 0.645. The molecule has 0 aliphatic rings. The van der Waals surface area contributed by atoms with Crippen LogP contribution in [-0.2, 0) is 22.3 Å². The normalized spacial score (nSPS) is 12.7. The molecule has 0 saturated heterocycles. The Labute approximate surface area is 331 Å². The van der Waals surface area contributed by atoms with Crippen molar-refractivity contribution in [1.29, 1.82) is 0 Å². The smallest absolute Gasteiger partial charge is 0.332 e. The number of fused-ring (bicyclic) bond motifs is 1. The third-order valence-corrected chi connectivity index (χ3v) is 15.0. The highest BCUT2D eigenvalue weighted by atomic mass is 28.4. The predicted octanol–water partition coefficient (Wildman–Crippen LogP) is 7.31. The van der Waals surface area contributed by atoms with Gasteiger partial charge in [-0.1, -0.05) is 82.1 Å². The number of ether oxygens (including phenoxy) is 2. The minimum atomic E-state index is -2.15. The summed E-state index contributed by atoms with van der Waals surface area (Å²) in [7, 11) is -0.0936. The number of H-pyrrole nitrogens is 2. The summed E-state index contributed by atoms with van der Waals surface area (Å²) in [4.78, 5) is 43.7. The van der Waals surface area contributed by atoms with Crippen LogP contribution in [0.2, 0.25) is 18.1 Å². The molecule has 0 amide bonds. The van der Waals surface area contributed by atoms with Gasteiger partial charge in [0.1, 0.15) is 12.4 Å². The molecule has 0 fully saturated rings. The first kappa shape index (κ1) is 42.5. The largest absolute Gasteiger partial charge is 0.487 e. The Morgan fingerprint density at radius 3 is 2.34 bits per heavy atom. The highest BCUT2D eigenvalue weighted by Crippen LogP contribution is 2.41. The lowest BCUT2D eigenvalue weighted by atomic mass is 10.0. The van der Waals surface area contributed by atoms with Gasteiger partial charge >= 0.3 is 5.69 Å². The van der Waals surface area contributed by atoms with Crippen LogP contribution in [0.25, 0.3) is 16.6 Å². The highest BCUT2D eigenvalue weighted by molar-refractivity contribution is 6.74. The van der Waals surface area contributed by atoms with E-state index in [0.29, 0.717) is 43.3 Å². The van der Waals surface area contributed by atoms with E-state index in [2.05, 4.69) is 67.2 Å². The van der Waals surface area contributed by atoms with Gasteiger partial charge in [0, 0.05) is 50.0 Å². The van der Waals surface area contributed by atoms with Crippen LogP contribution in [0.15, 0.2) is 106 Å². The van der Waals surface area contributed by atoms with Gasteiger partial charge in [-0.3, -0.25) is 24.0 Å². The fourth-order valence-corrected chi connectivity index (χ4v) is 7.59. The van der Waals surface area contributed by atoms with Crippen LogP contribution in [0.1, 0.15) is 69.2 Å². The van der Waals surface area contributed by atoms with Gasteiger partial charge in [-0.2, -0.15) is 0 Å². The predicted molar refractivity (Wildman–Crippen MR) is 228 cm³/mol. The minimum Gasteiger partial charge on any atom is -0.487 e. The lowest BCUT2D eigenvalue weighted by molar-refractivity contribution is 0.106. The Kier molecular flexibility index (Phi) is 15.2. The molecule has 1 atom stereocenters. The maximum absolute atomic E-state index is 12.5. The number of nitrogens with one attached hydrogen (secondary N) is 3. The van der Waals surface area contributed by atoms with E-state index in [1.165, 1.54) is 16.8 Å². The third-order valence-electron chi connectivity index (χ3n) is 10.5. The molecule has 0 saturated carbocycles. The van der Waals surface area contributed by atoms with Crippen molar-refractivity contribution in [2.75, 3.05) is 39.9 Å². The molecule has 300 valence electrons. The summed E-state index contributed by atoms with van der Waals surface area (Å²) in [5, 5.41) is 4.65. The fraction of sp³-hybridized carbons (Fsp3) is 0.432. The third kappa shape index (κ3) is 12.2. The van der Waals surface area contributed by atoms with Gasteiger partial charge in [-0.05, 0) is 85.5 Å². The van der Waals surface area contributed by atoms with Gasteiger partial charge < -0.3 is 24.2 Å². The van der Waals surface area contributed by atoms with E-state index in [4.69, 9.17) is 13.9 Å². The number of aromatic nitrogens is 3. The van der Waals surface area contributed by atoms with Gasteiger partial charge in [0.2, 0.25) is 5.56 Å². The van der Waals surface area contributed by atoms with Crippen molar-refractivity contribution in [3.63, 3.8) is 0 Å². The first-order valence-electron chi connectivity index (χ1n) is 19.7. The van der Waals surface area contributed by atoms with Crippen molar-refractivity contribution in [3.8, 4) is 11.4 Å². The first-order valence-corrected chi connectivity index (χ1v) is 22.6. The zero-order chi connectivity index (χ0) is 40.1. The number of benzene rings is 3. The molecule has 5 aromatic rings. The van der Waals surface area contributed by atoms with Crippen molar-refractivity contribution < 1.29 is 13.9 Å². The summed E-state index contributed by atoms with van der Waals surface area (Å²) < 4.78 is 20.7. The Hall–Kier alpha value is -4.59. The number of aromatic amines is 2. The van der Waals surface area contributed by atoms with Gasteiger partial charge in [-0.15, -0.1) is 0 Å². The van der Waals surface area contributed by atoms with E-state index in [0.717, 1.165) is 67.5 Å². The van der Waals surface area contributed by atoms with Crippen LogP contribution >= 0.6 is 0 Å². The number of hydrogen-bond acceptors (Lipinski definition) is 8. The second-order valence-electron chi connectivity index (χ2n) is 16.0. The summed E-state index contributed by atoms with van der Waals surface area (Å²) in [5.41, 5.74) is 3.55. The Balaban J connectivity index is 1.06. The van der Waals surface area contributed by atoms with E-state index in [1.807, 2.05) is 66.7 Å². The summed E-state index contributed by atoms with van der Waals surface area (Å²) in [6.07, 6.45) is 5.58. The van der Waals surface area contributed by atoms with Gasteiger partial charge in [0.25, 0.3) is 5.56 Å². The zero-order valence-corrected chi connectivity index (χ0v) is 34.9. The molecule has 3 N–H and O–H groups in total. The molecule has 12 heteroatoms. The molecule has 0 aliphatic heterocycles. The summed E-state index contributed by atoms with van der Waals surface area (Å²) in [6, 6.07) is 26.6. The maximum Gasteiger partial charge on any atom is 0.332 e. The number of likely N-dealkylation sites (N-methyl/N-ethyl adjacent to an activating group) is 1. The second kappa shape index (κ2) is 20.0. The molecular formula is C44H59N5O6Si. The minimum absolute atomic E-state index is 0.0351. The van der Waals surface area contributed by atoms with Gasteiger partial charge in [0.05, 0.1) is 23.9 Å². The molecule has 0 radical (unpaired) electrons. The first-order chi connectivity index (χ1) is 26.8. The van der Waals surface area contributed by atoms with E-state index in [1.54, 1.807) is 6.07 Å². The number of nitrogens with zero attached hydrogens (tertiary/aromatic N) is 2. The van der Waals surface area contributed by atoms with Crippen LogP contribution in [0.4, 0.5) is 0 Å². The maximum atomic E-state index is 12.5. The number of rotatable bonds is 21. The quantitative estimate of drug-likeness (QED) is 0.0523. The van der Waals surface area contributed by atoms with E-state index >= 15 is 0 Å². The Morgan fingerprint density at radius 2 is 1.57 bits per heavy atom. The van der Waals surface area contributed by atoms with Crippen molar-refractivity contribution >= 4 is 19.2 Å². The topological polar surface area (TPSA) is 131 Å². The molecule has 56 heavy (non-hydrogen) atoms. The average molecular weight is 782 g/mol. The van der Waals surface area contributed by atoms with Gasteiger partial charge in [-0.25, -0.2) is 4.79 Å². The van der Waals surface area contributed by atoms with Crippen LogP contribution in [-0.4, -0.2) is 67.6 Å². The van der Waals surface area contributed by atoms with Crippen LogP contribution in [0, 0.1) is 0 Å². The SMILES string of the molecule is CN(CCOCCCCCCNC[C@H](O[Si](C)(C)C(C)(C)C)c1ccc(OCc2ccccc2)c2[nH]c(=O)ccc12)Cc1cccc(-n2ccc(=O)[nH]c2=O)c1. The van der Waals surface area contributed by atoms with Crippen LogP contribution in [0.5, 0.6) is 5.75 Å². The van der Waals surface area contributed by atoms with E-state index < -0.39 is 19.6 Å². The van der Waals surface area contributed by atoms with Crippen molar-refractivity contribution in [3.05, 3.63) is 139 Å². The molecule has 0 aliphatic carbocycles.